The largest absolute Gasteiger partial charge is 0.472 e. The minimum Gasteiger partial charge on any atom is -0.472 e. The first-order valence-corrected chi connectivity index (χ1v) is 17.3. The number of morpholine rings is 2. The minimum atomic E-state index is -0.843. The minimum absolute atomic E-state index is 0.313. The van der Waals surface area contributed by atoms with Crippen molar-refractivity contribution in [3.8, 4) is 16.9 Å². The van der Waals surface area contributed by atoms with E-state index in [-0.39, 0.29) is 5.41 Å². The van der Waals surface area contributed by atoms with Crippen LogP contribution in [0.15, 0.2) is 97.1 Å². The van der Waals surface area contributed by atoms with E-state index in [9.17, 15) is 0 Å². The van der Waals surface area contributed by atoms with Crippen molar-refractivity contribution in [2.24, 2.45) is 0 Å². The number of fused-ring (bicyclic) bond motifs is 8. The Kier molecular flexibility index (Phi) is 7.05. The highest BCUT2D eigenvalue weighted by atomic mass is 16.5. The summed E-state index contributed by atoms with van der Waals surface area (Å²) in [7, 11) is 0. The Morgan fingerprint density at radius 3 is 1.84 bits per heavy atom. The van der Waals surface area contributed by atoms with Crippen molar-refractivity contribution in [3.63, 3.8) is 0 Å². The summed E-state index contributed by atoms with van der Waals surface area (Å²) in [4.78, 5) is 8.55. The Labute approximate surface area is 288 Å². The van der Waals surface area contributed by atoms with Gasteiger partial charge in [0.1, 0.15) is 5.75 Å². The lowest BCUT2D eigenvalue weighted by Crippen LogP contribution is -2.37. The fourth-order valence-electron chi connectivity index (χ4n) is 8.45. The van der Waals surface area contributed by atoms with Gasteiger partial charge in [0.2, 0.25) is 0 Å². The Morgan fingerprint density at radius 2 is 1.27 bits per heavy atom. The van der Waals surface area contributed by atoms with Crippen LogP contribution in [0.25, 0.3) is 32.8 Å². The number of nitrogens with zero attached hydrogens (tertiary/aromatic N) is 3. The third-order valence-corrected chi connectivity index (χ3v) is 11.0. The zero-order chi connectivity index (χ0) is 33.2. The Morgan fingerprint density at radius 1 is 0.694 bits per heavy atom. The van der Waals surface area contributed by atoms with E-state index in [4.69, 9.17) is 20.8 Å². The summed E-state index contributed by atoms with van der Waals surface area (Å²) in [5.41, 5.74) is 10.1. The molecule has 3 aliphatic heterocycles. The molecule has 3 heterocycles. The zero-order valence-corrected chi connectivity index (χ0v) is 28.0. The molecule has 0 saturated carbocycles. The number of ether oxygens (including phenoxy) is 3. The number of anilines is 2. The van der Waals surface area contributed by atoms with Crippen LogP contribution < -0.4 is 14.5 Å². The van der Waals surface area contributed by atoms with E-state index in [1.165, 1.54) is 39.0 Å². The van der Waals surface area contributed by atoms with Gasteiger partial charge >= 0.3 is 0 Å². The maximum Gasteiger partial charge on any atom is 0.187 e. The molecule has 244 valence electrons. The lowest BCUT2D eigenvalue weighted by atomic mass is 9.76. The average Bonchev–Trinajstić information content (AvgIpc) is 3.41. The molecule has 4 aliphatic rings. The molecule has 0 spiro atoms. The predicted octanol–water partition coefficient (Wildman–Crippen LogP) is 8.72. The highest BCUT2D eigenvalue weighted by Crippen LogP contribution is 2.58. The maximum atomic E-state index is 7.71. The second kappa shape index (κ2) is 11.5. The first-order valence-electron chi connectivity index (χ1n) is 17.3. The second-order valence-electron chi connectivity index (χ2n) is 14.0. The first kappa shape index (κ1) is 30.0. The van der Waals surface area contributed by atoms with Crippen molar-refractivity contribution in [1.82, 2.24) is 0 Å². The van der Waals surface area contributed by atoms with Gasteiger partial charge in [-0.25, -0.2) is 4.85 Å². The van der Waals surface area contributed by atoms with E-state index in [2.05, 4.69) is 126 Å². The van der Waals surface area contributed by atoms with Crippen LogP contribution in [0, 0.1) is 6.57 Å². The van der Waals surface area contributed by atoms with E-state index in [0.29, 0.717) is 5.69 Å². The average molecular weight is 646 g/mol. The van der Waals surface area contributed by atoms with Crippen molar-refractivity contribution in [2.75, 3.05) is 62.4 Å². The van der Waals surface area contributed by atoms with E-state index in [0.717, 1.165) is 80.4 Å². The summed E-state index contributed by atoms with van der Waals surface area (Å²) in [6.07, 6.45) is 4.57. The molecule has 6 nitrogen and oxygen atoms in total. The molecular weight excluding hydrogens is 606 g/mol. The smallest absolute Gasteiger partial charge is 0.187 e. The Hall–Kier alpha value is -5.09. The molecule has 6 heteroatoms. The molecule has 0 unspecified atom stereocenters. The summed E-state index contributed by atoms with van der Waals surface area (Å²) >= 11 is 0. The van der Waals surface area contributed by atoms with Crippen molar-refractivity contribution >= 4 is 33.9 Å². The molecule has 0 atom stereocenters. The molecule has 0 aromatic heterocycles. The van der Waals surface area contributed by atoms with Crippen LogP contribution in [0.4, 0.5) is 17.1 Å². The fraction of sp³-hybridized carbons (Fsp3) is 0.279. The normalized spacial score (nSPS) is 18.7. The van der Waals surface area contributed by atoms with Gasteiger partial charge in [-0.1, -0.05) is 86.7 Å². The quantitative estimate of drug-likeness (QED) is 0.183. The lowest BCUT2D eigenvalue weighted by molar-refractivity contribution is 0.122. The van der Waals surface area contributed by atoms with Crippen molar-refractivity contribution in [3.05, 3.63) is 136 Å². The van der Waals surface area contributed by atoms with Gasteiger partial charge in [0, 0.05) is 65.0 Å². The number of benzene rings is 5. The molecular formula is C43H39N3O3. The highest BCUT2D eigenvalue weighted by molar-refractivity contribution is 6.08. The van der Waals surface area contributed by atoms with E-state index in [1.54, 1.807) is 0 Å². The lowest BCUT2D eigenvalue weighted by Gasteiger charge is -2.39. The van der Waals surface area contributed by atoms with Gasteiger partial charge in [-0.15, -0.1) is 0 Å². The Balaban J connectivity index is 1.22. The standard InChI is InChI=1S/C43H39N3O3/c1-42(2)38-28-31(44-3)12-17-36(38)39-34-6-4-5-7-35(34)41-37(40(39)42)18-19-43(49-41,29-8-13-32(14-9-29)45-20-24-47-25-21-45)30-10-15-33(16-11-30)46-22-26-48-27-23-46/h4-19,28H,20-27H2,1-2H3. The number of hydrogen-bond donors (Lipinski definition) is 0. The Bertz CT molecular complexity index is 2090. The third-order valence-electron chi connectivity index (χ3n) is 11.0. The third kappa shape index (κ3) is 4.68. The summed E-state index contributed by atoms with van der Waals surface area (Å²) < 4.78 is 18.8. The van der Waals surface area contributed by atoms with Gasteiger partial charge in [-0.3, -0.25) is 0 Å². The highest BCUT2D eigenvalue weighted by Gasteiger charge is 2.44. The predicted molar refractivity (Wildman–Crippen MR) is 197 cm³/mol. The molecule has 0 N–H and O–H groups in total. The number of rotatable bonds is 4. The fourth-order valence-corrected chi connectivity index (χ4v) is 8.45. The van der Waals surface area contributed by atoms with E-state index in [1.807, 2.05) is 6.07 Å². The molecule has 9 rings (SSSR count). The van der Waals surface area contributed by atoms with Crippen molar-refractivity contribution in [1.29, 1.82) is 0 Å². The van der Waals surface area contributed by atoms with E-state index < -0.39 is 5.60 Å². The van der Waals surface area contributed by atoms with Crippen LogP contribution in [0.3, 0.4) is 0 Å². The van der Waals surface area contributed by atoms with Crippen LogP contribution in [0.1, 0.15) is 41.7 Å². The summed E-state index contributed by atoms with van der Waals surface area (Å²) in [6.45, 7) is 18.8. The van der Waals surface area contributed by atoms with Crippen LogP contribution in [0.5, 0.6) is 5.75 Å². The van der Waals surface area contributed by atoms with Crippen molar-refractivity contribution in [2.45, 2.75) is 24.9 Å². The van der Waals surface area contributed by atoms with Crippen LogP contribution in [-0.2, 0) is 20.5 Å². The van der Waals surface area contributed by atoms with Gasteiger partial charge in [0.25, 0.3) is 0 Å². The summed E-state index contributed by atoms with van der Waals surface area (Å²) in [5, 5.41) is 2.27. The van der Waals surface area contributed by atoms with Gasteiger partial charge < -0.3 is 24.0 Å². The molecule has 2 saturated heterocycles. The molecule has 5 aromatic rings. The van der Waals surface area contributed by atoms with Crippen LogP contribution in [0.2, 0.25) is 0 Å². The molecule has 1 aliphatic carbocycles. The van der Waals surface area contributed by atoms with Gasteiger partial charge in [0.05, 0.1) is 33.0 Å². The molecule has 0 bridgehead atoms. The maximum absolute atomic E-state index is 7.71. The molecule has 49 heavy (non-hydrogen) atoms. The van der Waals surface area contributed by atoms with Crippen LogP contribution >= 0.6 is 0 Å². The molecule has 5 aromatic carbocycles. The molecule has 0 amide bonds. The number of hydrogen-bond acceptors (Lipinski definition) is 5. The van der Waals surface area contributed by atoms with E-state index >= 15 is 0 Å². The summed E-state index contributed by atoms with van der Waals surface area (Å²) in [5.74, 6) is 0.901. The second-order valence-corrected chi connectivity index (χ2v) is 14.0. The topological polar surface area (TPSA) is 38.5 Å². The van der Waals surface area contributed by atoms with Crippen LogP contribution in [-0.4, -0.2) is 52.6 Å². The monoisotopic (exact) mass is 645 g/mol. The van der Waals surface area contributed by atoms with Gasteiger partial charge in [-0.05, 0) is 58.0 Å². The van der Waals surface area contributed by atoms with Crippen molar-refractivity contribution < 1.29 is 14.2 Å². The van der Waals surface area contributed by atoms with Gasteiger partial charge in [-0.2, -0.15) is 0 Å². The SMILES string of the molecule is [C-]#[N+]c1ccc2c(c1)C(C)(C)c1c3c(c4ccccc4c1-2)OC(c1ccc(N2CCOCC2)cc1)(c1ccc(N2CCOCC2)cc1)C=C3. The zero-order valence-electron chi connectivity index (χ0n) is 28.0. The first-order chi connectivity index (χ1) is 24.0. The van der Waals surface area contributed by atoms with Gasteiger partial charge in [0.15, 0.2) is 11.3 Å². The molecule has 2 fully saturated rings. The summed E-state index contributed by atoms with van der Waals surface area (Å²) in [6, 6.07) is 32.7. The molecule has 0 radical (unpaired) electrons.